The first-order valence-electron chi connectivity index (χ1n) is 10.9. The van der Waals surface area contributed by atoms with Gasteiger partial charge in [0, 0.05) is 24.7 Å². The average Bonchev–Trinajstić information content (AvgIpc) is 2.75. The lowest BCUT2D eigenvalue weighted by Gasteiger charge is -2.49. The van der Waals surface area contributed by atoms with E-state index >= 15 is 0 Å². The topological polar surface area (TPSA) is 36.0 Å². The molecule has 5 heteroatoms. The van der Waals surface area contributed by atoms with Crippen molar-refractivity contribution in [3.63, 3.8) is 0 Å². The zero-order chi connectivity index (χ0) is 19.6. The van der Waals surface area contributed by atoms with Crippen molar-refractivity contribution in [3.05, 3.63) is 29.8 Å². The van der Waals surface area contributed by atoms with Crippen molar-refractivity contribution in [3.8, 4) is 5.75 Å². The molecular formula is C23H35N3O2. The van der Waals surface area contributed by atoms with Crippen LogP contribution >= 0.6 is 0 Å². The summed E-state index contributed by atoms with van der Waals surface area (Å²) >= 11 is 0. The van der Waals surface area contributed by atoms with Crippen molar-refractivity contribution < 1.29 is 9.53 Å². The zero-order valence-electron chi connectivity index (χ0n) is 17.5. The normalized spacial score (nSPS) is 24.4. The van der Waals surface area contributed by atoms with Crippen LogP contribution in [0.5, 0.6) is 5.75 Å². The van der Waals surface area contributed by atoms with Gasteiger partial charge in [-0.2, -0.15) is 0 Å². The second kappa shape index (κ2) is 8.42. The molecule has 1 aromatic rings. The van der Waals surface area contributed by atoms with Gasteiger partial charge in [0.1, 0.15) is 5.75 Å². The smallest absolute Gasteiger partial charge is 0.253 e. The highest BCUT2D eigenvalue weighted by Gasteiger charge is 2.40. The number of piperidine rings is 3. The van der Waals surface area contributed by atoms with E-state index in [4.69, 9.17) is 4.74 Å². The molecule has 0 unspecified atom stereocenters. The first-order valence-corrected chi connectivity index (χ1v) is 10.9. The molecule has 0 bridgehead atoms. The van der Waals surface area contributed by atoms with Crippen molar-refractivity contribution in [2.45, 2.75) is 44.6 Å². The number of hydrogen-bond acceptors (Lipinski definition) is 4. The molecule has 1 amide bonds. The van der Waals surface area contributed by atoms with E-state index in [2.05, 4.69) is 16.8 Å². The predicted molar refractivity (Wildman–Crippen MR) is 112 cm³/mol. The van der Waals surface area contributed by atoms with Crippen LogP contribution in [0.1, 0.15) is 48.9 Å². The molecule has 0 atom stereocenters. The van der Waals surface area contributed by atoms with Gasteiger partial charge in [0.2, 0.25) is 0 Å². The summed E-state index contributed by atoms with van der Waals surface area (Å²) in [5.74, 6) is 0.901. The molecule has 0 N–H and O–H groups in total. The highest BCUT2D eigenvalue weighted by molar-refractivity contribution is 5.94. The van der Waals surface area contributed by atoms with E-state index in [1.165, 1.54) is 51.9 Å². The maximum Gasteiger partial charge on any atom is 0.253 e. The number of carbonyl (C=O) groups excluding carboxylic acids is 1. The molecule has 28 heavy (non-hydrogen) atoms. The molecule has 3 saturated heterocycles. The van der Waals surface area contributed by atoms with Gasteiger partial charge in [-0.1, -0.05) is 6.07 Å². The Morgan fingerprint density at radius 3 is 2.29 bits per heavy atom. The Morgan fingerprint density at radius 1 is 1.00 bits per heavy atom. The number of likely N-dealkylation sites (tertiary alicyclic amines) is 3. The van der Waals surface area contributed by atoms with Crippen LogP contribution < -0.4 is 4.74 Å². The minimum atomic E-state index is 0.150. The fraction of sp³-hybridized carbons (Fsp3) is 0.696. The van der Waals surface area contributed by atoms with Crippen LogP contribution in [-0.4, -0.2) is 80.1 Å². The molecule has 1 spiro atoms. The molecule has 154 valence electrons. The van der Waals surface area contributed by atoms with Gasteiger partial charge in [-0.15, -0.1) is 0 Å². The number of benzene rings is 1. The molecule has 4 rings (SSSR count). The molecule has 3 aliphatic rings. The third kappa shape index (κ3) is 4.20. The Morgan fingerprint density at radius 2 is 1.64 bits per heavy atom. The highest BCUT2D eigenvalue weighted by Crippen LogP contribution is 2.42. The molecule has 0 radical (unpaired) electrons. The van der Waals surface area contributed by atoms with Crippen LogP contribution in [0.4, 0.5) is 0 Å². The summed E-state index contributed by atoms with van der Waals surface area (Å²) in [4.78, 5) is 20.1. The lowest BCUT2D eigenvalue weighted by Crippen LogP contribution is -2.52. The van der Waals surface area contributed by atoms with Crippen molar-refractivity contribution in [2.24, 2.45) is 5.41 Å². The number of amides is 1. The van der Waals surface area contributed by atoms with E-state index in [0.717, 1.165) is 43.3 Å². The maximum atomic E-state index is 12.9. The minimum absolute atomic E-state index is 0.150. The molecule has 3 aliphatic heterocycles. The quantitative estimate of drug-likeness (QED) is 0.801. The van der Waals surface area contributed by atoms with Gasteiger partial charge >= 0.3 is 0 Å². The SMILES string of the molecule is COc1cccc(C(=O)N2CCC3(CC2)CCN(C2CCN(C)CC2)CC3)c1. The van der Waals surface area contributed by atoms with Gasteiger partial charge in [-0.05, 0) is 95.4 Å². The van der Waals surface area contributed by atoms with Crippen LogP contribution in [0.15, 0.2) is 24.3 Å². The summed E-state index contributed by atoms with van der Waals surface area (Å²) in [6, 6.07) is 8.33. The van der Waals surface area contributed by atoms with Crippen LogP contribution in [0.25, 0.3) is 0 Å². The molecule has 3 heterocycles. The van der Waals surface area contributed by atoms with E-state index in [9.17, 15) is 4.79 Å². The fourth-order valence-electron chi connectivity index (χ4n) is 5.35. The molecule has 1 aromatic carbocycles. The first-order chi connectivity index (χ1) is 13.6. The van der Waals surface area contributed by atoms with Crippen molar-refractivity contribution in [1.29, 1.82) is 0 Å². The van der Waals surface area contributed by atoms with E-state index in [1.807, 2.05) is 29.2 Å². The van der Waals surface area contributed by atoms with Gasteiger partial charge in [-0.25, -0.2) is 0 Å². The number of carbonyl (C=O) groups is 1. The van der Waals surface area contributed by atoms with Gasteiger partial charge in [-0.3, -0.25) is 4.79 Å². The van der Waals surface area contributed by atoms with E-state index in [1.54, 1.807) is 7.11 Å². The standard InChI is InChI=1S/C23H35N3O2/c1-24-12-6-20(7-13-24)25-14-8-23(9-15-25)10-16-26(17-11-23)22(27)19-4-3-5-21(18-19)28-2/h3-5,18,20H,6-17H2,1-2H3. The number of hydrogen-bond donors (Lipinski definition) is 0. The molecule has 3 fully saturated rings. The van der Waals surface area contributed by atoms with Crippen LogP contribution in [-0.2, 0) is 0 Å². The summed E-state index contributed by atoms with van der Waals surface area (Å²) in [7, 11) is 3.88. The van der Waals surface area contributed by atoms with E-state index in [-0.39, 0.29) is 5.91 Å². The number of rotatable bonds is 3. The lowest BCUT2D eigenvalue weighted by molar-refractivity contribution is 0.00962. The summed E-state index contributed by atoms with van der Waals surface area (Å²) in [6.07, 6.45) is 7.58. The van der Waals surface area contributed by atoms with Crippen molar-refractivity contribution in [1.82, 2.24) is 14.7 Å². The third-order valence-corrected chi connectivity index (χ3v) is 7.49. The largest absolute Gasteiger partial charge is 0.497 e. The second-order valence-electron chi connectivity index (χ2n) is 9.09. The minimum Gasteiger partial charge on any atom is -0.497 e. The summed E-state index contributed by atoms with van der Waals surface area (Å²) in [5.41, 5.74) is 1.21. The molecule has 0 aromatic heterocycles. The molecular weight excluding hydrogens is 350 g/mol. The second-order valence-corrected chi connectivity index (χ2v) is 9.09. The highest BCUT2D eigenvalue weighted by atomic mass is 16.5. The first kappa shape index (κ1) is 19.7. The summed E-state index contributed by atoms with van der Waals surface area (Å²) < 4.78 is 5.27. The van der Waals surface area contributed by atoms with E-state index in [0.29, 0.717) is 5.41 Å². The van der Waals surface area contributed by atoms with Gasteiger partial charge in [0.25, 0.3) is 5.91 Å². The monoisotopic (exact) mass is 385 g/mol. The maximum absolute atomic E-state index is 12.9. The predicted octanol–water partition coefficient (Wildman–Crippen LogP) is 3.11. The molecule has 5 nitrogen and oxygen atoms in total. The van der Waals surface area contributed by atoms with Crippen molar-refractivity contribution in [2.75, 3.05) is 53.4 Å². The average molecular weight is 386 g/mol. The Hall–Kier alpha value is -1.59. The Labute approximate surface area is 169 Å². The van der Waals surface area contributed by atoms with Gasteiger partial charge in [0.05, 0.1) is 7.11 Å². The van der Waals surface area contributed by atoms with Gasteiger partial charge < -0.3 is 19.4 Å². The van der Waals surface area contributed by atoms with Crippen LogP contribution in [0.3, 0.4) is 0 Å². The Kier molecular flexibility index (Phi) is 5.93. The Balaban J connectivity index is 1.29. The molecule has 0 saturated carbocycles. The summed E-state index contributed by atoms with van der Waals surface area (Å²) in [6.45, 7) is 6.77. The third-order valence-electron chi connectivity index (χ3n) is 7.49. The van der Waals surface area contributed by atoms with Gasteiger partial charge in [0.15, 0.2) is 0 Å². The number of nitrogens with zero attached hydrogens (tertiary/aromatic N) is 3. The van der Waals surface area contributed by atoms with Crippen molar-refractivity contribution >= 4 is 5.91 Å². The number of ether oxygens (including phenoxy) is 1. The number of methoxy groups -OCH3 is 1. The molecule has 0 aliphatic carbocycles. The fourth-order valence-corrected chi connectivity index (χ4v) is 5.35. The van der Waals surface area contributed by atoms with Crippen LogP contribution in [0, 0.1) is 5.41 Å². The van der Waals surface area contributed by atoms with Crippen LogP contribution in [0.2, 0.25) is 0 Å². The lowest BCUT2D eigenvalue weighted by atomic mass is 9.71. The van der Waals surface area contributed by atoms with E-state index < -0.39 is 0 Å². The zero-order valence-corrected chi connectivity index (χ0v) is 17.5. The summed E-state index contributed by atoms with van der Waals surface area (Å²) in [5, 5.41) is 0. The Bertz CT molecular complexity index is 666.